The molecular formula is C11H9BrClN5O. The minimum absolute atomic E-state index is 0.331. The van der Waals surface area contributed by atoms with Crippen molar-refractivity contribution in [3.8, 4) is 0 Å². The summed E-state index contributed by atoms with van der Waals surface area (Å²) >= 11 is 9.31. The van der Waals surface area contributed by atoms with Crippen molar-refractivity contribution in [2.45, 2.75) is 18.8 Å². The molecule has 0 fully saturated rings. The molecule has 0 spiro atoms. The Balaban J connectivity index is 1.96. The fourth-order valence-corrected chi connectivity index (χ4v) is 2.41. The molecule has 0 aliphatic rings. The van der Waals surface area contributed by atoms with Crippen LogP contribution in [0.3, 0.4) is 0 Å². The van der Waals surface area contributed by atoms with Crippen molar-refractivity contribution in [2.75, 3.05) is 0 Å². The lowest BCUT2D eigenvalue weighted by Gasteiger charge is -2.04. The molecule has 19 heavy (non-hydrogen) atoms. The average Bonchev–Trinajstić information content (AvgIpc) is 3.02. The summed E-state index contributed by atoms with van der Waals surface area (Å²) in [5.74, 6) is 1.69. The first-order valence-electron chi connectivity index (χ1n) is 5.60. The fraction of sp³-hybridized carbons (Fsp3) is 0.273. The van der Waals surface area contributed by atoms with E-state index in [1.807, 2.05) is 10.6 Å². The van der Waals surface area contributed by atoms with Crippen molar-refractivity contribution < 1.29 is 4.52 Å². The van der Waals surface area contributed by atoms with Crippen LogP contribution < -0.4 is 0 Å². The Labute approximate surface area is 121 Å². The van der Waals surface area contributed by atoms with E-state index in [9.17, 15) is 0 Å². The van der Waals surface area contributed by atoms with Crippen LogP contribution in [0.2, 0.25) is 0 Å². The monoisotopic (exact) mass is 341 g/mol. The number of alkyl halides is 1. The van der Waals surface area contributed by atoms with Crippen LogP contribution in [0.4, 0.5) is 0 Å². The average molecular weight is 343 g/mol. The molecule has 98 valence electrons. The molecule has 0 aromatic carbocycles. The van der Waals surface area contributed by atoms with E-state index in [1.54, 1.807) is 6.20 Å². The second kappa shape index (κ2) is 5.26. The first-order valence-corrected chi connectivity index (χ1v) is 6.93. The highest BCUT2D eigenvalue weighted by atomic mass is 79.9. The number of halogens is 2. The Bertz CT molecular complexity index is 696. The molecule has 8 heteroatoms. The minimum Gasteiger partial charge on any atom is -0.340 e. The van der Waals surface area contributed by atoms with Crippen LogP contribution in [0.1, 0.15) is 11.7 Å². The van der Waals surface area contributed by atoms with Gasteiger partial charge in [0, 0.05) is 23.6 Å². The van der Waals surface area contributed by atoms with Gasteiger partial charge in [-0.05, 0) is 22.0 Å². The van der Waals surface area contributed by atoms with E-state index in [1.165, 1.54) is 6.33 Å². The zero-order valence-electron chi connectivity index (χ0n) is 9.75. The third kappa shape index (κ3) is 2.48. The van der Waals surface area contributed by atoms with Crippen molar-refractivity contribution in [1.29, 1.82) is 0 Å². The number of hydrogen-bond donors (Lipinski definition) is 0. The molecule has 0 amide bonds. The van der Waals surface area contributed by atoms with Gasteiger partial charge in [-0.15, -0.1) is 11.6 Å². The summed E-state index contributed by atoms with van der Waals surface area (Å²) in [6.45, 7) is 0.648. The molecular weight excluding hydrogens is 334 g/mol. The van der Waals surface area contributed by atoms with E-state index >= 15 is 0 Å². The topological polar surface area (TPSA) is 69.6 Å². The molecule has 3 rings (SSSR count). The summed E-state index contributed by atoms with van der Waals surface area (Å²) in [7, 11) is 0. The number of hydrogen-bond acceptors (Lipinski definition) is 5. The third-order valence-electron chi connectivity index (χ3n) is 2.71. The second-order valence-corrected chi connectivity index (χ2v) is 5.08. The zero-order chi connectivity index (χ0) is 13.2. The van der Waals surface area contributed by atoms with Gasteiger partial charge in [0.05, 0.1) is 5.88 Å². The number of rotatable bonds is 4. The van der Waals surface area contributed by atoms with Crippen LogP contribution in [0.25, 0.3) is 11.2 Å². The van der Waals surface area contributed by atoms with Crippen LogP contribution >= 0.6 is 27.5 Å². The van der Waals surface area contributed by atoms with E-state index in [2.05, 4.69) is 36.0 Å². The fourth-order valence-electron chi connectivity index (χ4n) is 1.88. The van der Waals surface area contributed by atoms with Gasteiger partial charge in [0.2, 0.25) is 5.89 Å². The van der Waals surface area contributed by atoms with Crippen LogP contribution in [0.15, 0.2) is 27.6 Å². The molecule has 3 aromatic rings. The van der Waals surface area contributed by atoms with Crippen molar-refractivity contribution in [2.24, 2.45) is 0 Å². The number of aromatic nitrogens is 5. The molecule has 0 atom stereocenters. The number of aryl methyl sites for hydroxylation is 2. The molecule has 0 saturated heterocycles. The number of pyridine rings is 1. The first kappa shape index (κ1) is 12.6. The lowest BCUT2D eigenvalue weighted by atomic mass is 10.4. The highest BCUT2D eigenvalue weighted by Gasteiger charge is 2.12. The van der Waals surface area contributed by atoms with Crippen molar-refractivity contribution in [3.05, 3.63) is 34.8 Å². The molecule has 0 unspecified atom stereocenters. The maximum atomic E-state index is 5.93. The molecule has 3 heterocycles. The number of fused-ring (bicyclic) bond motifs is 1. The van der Waals surface area contributed by atoms with Crippen LogP contribution in [-0.4, -0.2) is 24.7 Å². The van der Waals surface area contributed by atoms with Gasteiger partial charge >= 0.3 is 0 Å². The van der Waals surface area contributed by atoms with E-state index in [-0.39, 0.29) is 0 Å². The predicted octanol–water partition coefficient (Wildman–Crippen LogP) is 2.56. The van der Waals surface area contributed by atoms with Gasteiger partial charge in [0.15, 0.2) is 12.0 Å². The Morgan fingerprint density at radius 1 is 1.37 bits per heavy atom. The Kier molecular flexibility index (Phi) is 3.48. The van der Waals surface area contributed by atoms with E-state index in [0.717, 1.165) is 21.5 Å². The molecule has 0 bridgehead atoms. The maximum absolute atomic E-state index is 5.93. The van der Waals surface area contributed by atoms with Gasteiger partial charge in [0.25, 0.3) is 0 Å². The predicted molar refractivity (Wildman–Crippen MR) is 72.8 cm³/mol. The summed E-state index contributed by atoms with van der Waals surface area (Å²) in [6.07, 6.45) is 3.75. The smallest absolute Gasteiger partial charge is 0.228 e. The highest BCUT2D eigenvalue weighted by Crippen LogP contribution is 2.19. The lowest BCUT2D eigenvalue weighted by molar-refractivity contribution is 0.371. The molecule has 6 nitrogen and oxygen atoms in total. The molecule has 0 N–H and O–H groups in total. The van der Waals surface area contributed by atoms with E-state index in [0.29, 0.717) is 24.7 Å². The van der Waals surface area contributed by atoms with Crippen molar-refractivity contribution >= 4 is 38.7 Å². The molecule has 0 aliphatic heterocycles. The van der Waals surface area contributed by atoms with Crippen molar-refractivity contribution in [3.63, 3.8) is 0 Å². The summed E-state index contributed by atoms with van der Waals surface area (Å²) < 4.78 is 7.84. The van der Waals surface area contributed by atoms with E-state index < -0.39 is 0 Å². The summed E-state index contributed by atoms with van der Waals surface area (Å²) in [5.41, 5.74) is 1.62. The zero-order valence-corrected chi connectivity index (χ0v) is 12.1. The quantitative estimate of drug-likeness (QED) is 0.682. The first-order chi connectivity index (χ1) is 9.28. The SMILES string of the molecule is ClCc1nc2cc(Br)cnc2n1CCc1ncno1. The van der Waals surface area contributed by atoms with Crippen LogP contribution in [-0.2, 0) is 18.8 Å². The Hall–Kier alpha value is -1.47. The Morgan fingerprint density at radius 3 is 3.00 bits per heavy atom. The second-order valence-electron chi connectivity index (χ2n) is 3.89. The molecule has 0 radical (unpaired) electrons. The number of imidazole rings is 1. The molecule has 0 saturated carbocycles. The van der Waals surface area contributed by atoms with Gasteiger partial charge in [0.1, 0.15) is 11.3 Å². The summed E-state index contributed by atoms with van der Waals surface area (Å²) in [5, 5.41) is 3.58. The van der Waals surface area contributed by atoms with Gasteiger partial charge in [-0.2, -0.15) is 4.98 Å². The normalized spacial score (nSPS) is 11.3. The Morgan fingerprint density at radius 2 is 2.26 bits per heavy atom. The largest absolute Gasteiger partial charge is 0.340 e. The lowest BCUT2D eigenvalue weighted by Crippen LogP contribution is -2.06. The van der Waals surface area contributed by atoms with Crippen LogP contribution in [0.5, 0.6) is 0 Å². The van der Waals surface area contributed by atoms with Gasteiger partial charge < -0.3 is 9.09 Å². The summed E-state index contributed by atoms with van der Waals surface area (Å²) in [6, 6.07) is 1.92. The maximum Gasteiger partial charge on any atom is 0.228 e. The number of nitrogens with zero attached hydrogens (tertiary/aromatic N) is 5. The minimum atomic E-state index is 0.331. The standard InChI is InChI=1S/C11H9BrClN5O/c12-7-3-8-11(14-5-7)18(9(4-13)17-8)2-1-10-15-6-16-19-10/h3,5-6H,1-2,4H2. The van der Waals surface area contributed by atoms with Crippen LogP contribution in [0, 0.1) is 0 Å². The van der Waals surface area contributed by atoms with E-state index in [4.69, 9.17) is 16.1 Å². The summed E-state index contributed by atoms with van der Waals surface area (Å²) in [4.78, 5) is 12.8. The van der Waals surface area contributed by atoms with Gasteiger partial charge in [-0.25, -0.2) is 9.97 Å². The van der Waals surface area contributed by atoms with Crippen molar-refractivity contribution in [1.82, 2.24) is 24.7 Å². The van der Waals surface area contributed by atoms with Gasteiger partial charge in [-0.3, -0.25) is 0 Å². The molecule has 3 aromatic heterocycles. The third-order valence-corrected chi connectivity index (χ3v) is 3.38. The van der Waals surface area contributed by atoms with Gasteiger partial charge in [-0.1, -0.05) is 5.16 Å². The highest BCUT2D eigenvalue weighted by molar-refractivity contribution is 9.10. The molecule has 0 aliphatic carbocycles.